The second kappa shape index (κ2) is 4.36. The molecule has 3 aromatic rings. The number of nitrogens with one attached hydrogen (secondary N) is 2. The molecule has 0 atom stereocenters. The van der Waals surface area contributed by atoms with E-state index in [9.17, 15) is 9.90 Å². The first-order valence-corrected chi connectivity index (χ1v) is 7.35. The maximum absolute atomic E-state index is 12.2. The van der Waals surface area contributed by atoms with E-state index in [1.807, 2.05) is 24.3 Å². The Morgan fingerprint density at radius 2 is 1.95 bits per heavy atom. The van der Waals surface area contributed by atoms with Crippen molar-refractivity contribution in [3.05, 3.63) is 46.4 Å². The van der Waals surface area contributed by atoms with Gasteiger partial charge in [-0.15, -0.1) is 0 Å². The van der Waals surface area contributed by atoms with Crippen LogP contribution in [0.15, 0.2) is 40.9 Å². The highest BCUT2D eigenvalue weighted by atomic mass is 79.9. The monoisotopic (exact) mass is 342 g/mol. The standard InChI is InChI=1S/C16H11BrN2O2/c17-10-5-6-12(20)16-14(10)15-9(7-13(21)19-16)8-3-1-2-4-11(8)18-15/h1-6,18,20H,7H2,(H,19,21). The maximum Gasteiger partial charge on any atom is 0.229 e. The molecule has 104 valence electrons. The Morgan fingerprint density at radius 1 is 1.14 bits per heavy atom. The number of phenolic OH excluding ortho intramolecular Hbond substituents is 1. The Kier molecular flexibility index (Phi) is 2.59. The van der Waals surface area contributed by atoms with Gasteiger partial charge in [0.2, 0.25) is 5.91 Å². The van der Waals surface area contributed by atoms with Crippen molar-refractivity contribution in [2.24, 2.45) is 0 Å². The minimum absolute atomic E-state index is 0.0630. The predicted octanol–water partition coefficient (Wildman–Crippen LogP) is 3.80. The van der Waals surface area contributed by atoms with Crippen LogP contribution in [0.25, 0.3) is 22.2 Å². The zero-order valence-electron chi connectivity index (χ0n) is 10.9. The summed E-state index contributed by atoms with van der Waals surface area (Å²) in [6.07, 6.45) is 0.278. The number of para-hydroxylation sites is 1. The first kappa shape index (κ1) is 12.5. The fraction of sp³-hybridized carbons (Fsp3) is 0.0625. The van der Waals surface area contributed by atoms with E-state index < -0.39 is 0 Å². The molecule has 1 aromatic heterocycles. The summed E-state index contributed by atoms with van der Waals surface area (Å²) < 4.78 is 0.824. The molecule has 4 rings (SSSR count). The van der Waals surface area contributed by atoms with Gasteiger partial charge in [-0.2, -0.15) is 0 Å². The Balaban J connectivity index is 2.15. The third-order valence-corrected chi connectivity index (χ3v) is 4.46. The van der Waals surface area contributed by atoms with Crippen LogP contribution in [-0.2, 0) is 11.2 Å². The van der Waals surface area contributed by atoms with Gasteiger partial charge in [-0.25, -0.2) is 0 Å². The van der Waals surface area contributed by atoms with Gasteiger partial charge in [-0.3, -0.25) is 4.79 Å². The van der Waals surface area contributed by atoms with Crippen molar-refractivity contribution < 1.29 is 9.90 Å². The second-order valence-corrected chi connectivity index (χ2v) is 5.92. The zero-order valence-corrected chi connectivity index (χ0v) is 12.5. The predicted molar refractivity (Wildman–Crippen MR) is 85.4 cm³/mol. The number of rotatable bonds is 0. The van der Waals surface area contributed by atoms with Gasteiger partial charge in [0.1, 0.15) is 5.75 Å². The van der Waals surface area contributed by atoms with Gasteiger partial charge in [-0.05, 0) is 23.8 Å². The number of carbonyl (C=O) groups excluding carboxylic acids is 1. The van der Waals surface area contributed by atoms with Crippen LogP contribution in [0.3, 0.4) is 0 Å². The minimum atomic E-state index is -0.131. The molecule has 1 aliphatic heterocycles. The second-order valence-electron chi connectivity index (χ2n) is 5.07. The number of phenols is 1. The number of fused-ring (bicyclic) bond motifs is 5. The van der Waals surface area contributed by atoms with Crippen molar-refractivity contribution in [3.8, 4) is 17.0 Å². The summed E-state index contributed by atoms with van der Waals surface area (Å²) in [5, 5.41) is 13.9. The van der Waals surface area contributed by atoms with Crippen molar-refractivity contribution >= 4 is 38.4 Å². The molecule has 0 saturated carbocycles. The number of hydrogen-bond donors (Lipinski definition) is 3. The average molecular weight is 343 g/mol. The Bertz CT molecular complexity index is 899. The summed E-state index contributed by atoms with van der Waals surface area (Å²) >= 11 is 3.52. The van der Waals surface area contributed by atoms with Crippen LogP contribution in [0, 0.1) is 0 Å². The Morgan fingerprint density at radius 3 is 2.81 bits per heavy atom. The molecule has 0 aliphatic carbocycles. The highest BCUT2D eigenvalue weighted by Crippen LogP contribution is 2.45. The minimum Gasteiger partial charge on any atom is -0.506 e. The first-order chi connectivity index (χ1) is 10.1. The highest BCUT2D eigenvalue weighted by Gasteiger charge is 2.26. The normalized spacial score (nSPS) is 13.5. The summed E-state index contributed by atoms with van der Waals surface area (Å²) in [6, 6.07) is 11.2. The molecule has 1 amide bonds. The molecule has 0 bridgehead atoms. The fourth-order valence-corrected chi connectivity index (χ4v) is 3.41. The number of hydrogen-bond acceptors (Lipinski definition) is 2. The first-order valence-electron chi connectivity index (χ1n) is 6.56. The molecule has 0 unspecified atom stereocenters. The van der Waals surface area contributed by atoms with Crippen molar-refractivity contribution in [1.29, 1.82) is 0 Å². The fourth-order valence-electron chi connectivity index (χ4n) is 2.88. The van der Waals surface area contributed by atoms with Crippen LogP contribution in [0.1, 0.15) is 5.56 Å². The van der Waals surface area contributed by atoms with Crippen LogP contribution in [-0.4, -0.2) is 16.0 Å². The number of aromatic nitrogens is 1. The molecule has 2 aromatic carbocycles. The number of anilines is 1. The Labute approximate surface area is 128 Å². The number of carbonyl (C=O) groups is 1. The largest absolute Gasteiger partial charge is 0.506 e. The maximum atomic E-state index is 12.2. The van der Waals surface area contributed by atoms with Crippen LogP contribution in [0.2, 0.25) is 0 Å². The third kappa shape index (κ3) is 1.77. The lowest BCUT2D eigenvalue weighted by atomic mass is 10.0. The molecule has 21 heavy (non-hydrogen) atoms. The van der Waals surface area contributed by atoms with Gasteiger partial charge < -0.3 is 15.4 Å². The zero-order chi connectivity index (χ0) is 14.6. The quantitative estimate of drug-likeness (QED) is 0.544. The van der Waals surface area contributed by atoms with Crippen molar-refractivity contribution in [1.82, 2.24) is 4.98 Å². The number of benzene rings is 2. The number of aromatic hydroxyl groups is 1. The van der Waals surface area contributed by atoms with E-state index >= 15 is 0 Å². The molecule has 5 heteroatoms. The van der Waals surface area contributed by atoms with E-state index in [2.05, 4.69) is 26.2 Å². The average Bonchev–Trinajstić information content (AvgIpc) is 2.74. The smallest absolute Gasteiger partial charge is 0.229 e. The summed E-state index contributed by atoms with van der Waals surface area (Å²) in [7, 11) is 0. The van der Waals surface area contributed by atoms with Gasteiger partial charge in [-0.1, -0.05) is 34.1 Å². The van der Waals surface area contributed by atoms with Gasteiger partial charge >= 0.3 is 0 Å². The van der Waals surface area contributed by atoms with Gasteiger partial charge in [0.15, 0.2) is 0 Å². The molecule has 0 fully saturated rings. The molecule has 4 nitrogen and oxygen atoms in total. The summed E-state index contributed by atoms with van der Waals surface area (Å²) in [4.78, 5) is 15.5. The number of halogens is 1. The van der Waals surface area contributed by atoms with E-state index in [0.29, 0.717) is 5.69 Å². The number of amides is 1. The van der Waals surface area contributed by atoms with E-state index in [4.69, 9.17) is 0 Å². The van der Waals surface area contributed by atoms with Crippen molar-refractivity contribution in [2.75, 3.05) is 5.32 Å². The summed E-state index contributed by atoms with van der Waals surface area (Å²) in [6.45, 7) is 0. The van der Waals surface area contributed by atoms with Crippen LogP contribution in [0.4, 0.5) is 5.69 Å². The highest BCUT2D eigenvalue weighted by molar-refractivity contribution is 9.10. The summed E-state index contributed by atoms with van der Waals surface area (Å²) in [5.74, 6) is -0.0683. The van der Waals surface area contributed by atoms with Crippen molar-refractivity contribution in [3.63, 3.8) is 0 Å². The molecular formula is C16H11BrN2O2. The molecule has 0 saturated heterocycles. The molecule has 3 N–H and O–H groups in total. The topological polar surface area (TPSA) is 65.1 Å². The van der Waals surface area contributed by atoms with Gasteiger partial charge in [0.05, 0.1) is 17.8 Å². The molecule has 0 radical (unpaired) electrons. The van der Waals surface area contributed by atoms with E-state index in [1.165, 1.54) is 0 Å². The Hall–Kier alpha value is -2.27. The third-order valence-electron chi connectivity index (χ3n) is 3.80. The SMILES string of the molecule is O=C1Cc2c([nH]c3ccccc23)-c2c(Br)ccc(O)c2N1. The number of aromatic amines is 1. The molecule has 1 aliphatic rings. The van der Waals surface area contributed by atoms with Gasteiger partial charge in [0, 0.05) is 20.9 Å². The summed E-state index contributed by atoms with van der Waals surface area (Å²) in [5.41, 5.74) is 4.03. The van der Waals surface area contributed by atoms with E-state index in [1.54, 1.807) is 12.1 Å². The van der Waals surface area contributed by atoms with Gasteiger partial charge in [0.25, 0.3) is 0 Å². The lowest BCUT2D eigenvalue weighted by molar-refractivity contribution is -0.115. The molecular weight excluding hydrogens is 332 g/mol. The van der Waals surface area contributed by atoms with Crippen LogP contribution >= 0.6 is 15.9 Å². The lowest BCUT2D eigenvalue weighted by Gasteiger charge is -2.11. The number of H-pyrrole nitrogens is 1. The van der Waals surface area contributed by atoms with Crippen LogP contribution in [0.5, 0.6) is 5.75 Å². The van der Waals surface area contributed by atoms with E-state index in [-0.39, 0.29) is 18.1 Å². The molecule has 0 spiro atoms. The molecule has 2 heterocycles. The van der Waals surface area contributed by atoms with E-state index in [0.717, 1.165) is 32.2 Å². The van der Waals surface area contributed by atoms with Crippen LogP contribution < -0.4 is 5.32 Å². The lowest BCUT2D eigenvalue weighted by Crippen LogP contribution is -2.12. The van der Waals surface area contributed by atoms with Crippen molar-refractivity contribution in [2.45, 2.75) is 6.42 Å².